The Bertz CT molecular complexity index is 606. The largest absolute Gasteiger partial charge is 0.493 e. The number of hydrogen-bond acceptors (Lipinski definition) is 5. The fourth-order valence-electron chi connectivity index (χ4n) is 3.38. The van der Waals surface area contributed by atoms with Gasteiger partial charge in [-0.3, -0.25) is 4.90 Å². The third-order valence-electron chi connectivity index (χ3n) is 5.10. The third-order valence-corrected chi connectivity index (χ3v) is 5.10. The molecule has 0 spiro atoms. The Morgan fingerprint density at radius 3 is 2.27 bits per heavy atom. The minimum Gasteiger partial charge on any atom is -0.493 e. The van der Waals surface area contributed by atoms with Gasteiger partial charge in [0.1, 0.15) is 25.2 Å². The summed E-state index contributed by atoms with van der Waals surface area (Å²) in [5, 5.41) is 3.81. The lowest BCUT2D eigenvalue weighted by molar-refractivity contribution is 0.212. The zero-order chi connectivity index (χ0) is 22.0. The van der Waals surface area contributed by atoms with Crippen molar-refractivity contribution in [2.45, 2.75) is 66.2 Å². The smallest absolute Gasteiger partial charge is 0.125 e. The fourth-order valence-corrected chi connectivity index (χ4v) is 3.38. The van der Waals surface area contributed by atoms with E-state index >= 15 is 0 Å². The average Bonchev–Trinajstić information content (AvgIpc) is 2.73. The Hall–Kier alpha value is -2.01. The van der Waals surface area contributed by atoms with Crippen LogP contribution < -0.4 is 9.47 Å². The molecule has 5 heteroatoms. The first-order chi connectivity index (χ1) is 14.6. The molecule has 1 aromatic carbocycles. The minimum atomic E-state index is 0.605. The zero-order valence-corrected chi connectivity index (χ0v) is 19.8. The van der Waals surface area contributed by atoms with E-state index in [0.717, 1.165) is 55.3 Å². The second-order valence-corrected chi connectivity index (χ2v) is 7.60. The second kappa shape index (κ2) is 16.8. The molecule has 0 fully saturated rings. The number of oxime groups is 1. The first kappa shape index (κ1) is 26.0. The van der Waals surface area contributed by atoms with Crippen molar-refractivity contribution in [3.63, 3.8) is 0 Å². The number of nitrogens with zero attached hydrogens (tertiary/aromatic N) is 2. The highest BCUT2D eigenvalue weighted by atomic mass is 16.6. The lowest BCUT2D eigenvalue weighted by Crippen LogP contribution is -2.26. The molecular weight excluding hydrogens is 376 g/mol. The predicted molar refractivity (Wildman–Crippen MR) is 127 cm³/mol. The number of allylic oxidation sites excluding steroid dienone is 1. The Morgan fingerprint density at radius 1 is 0.967 bits per heavy atom. The second-order valence-electron chi connectivity index (χ2n) is 7.60. The first-order valence-electron chi connectivity index (χ1n) is 11.4. The quantitative estimate of drug-likeness (QED) is 0.136. The van der Waals surface area contributed by atoms with Gasteiger partial charge in [0.2, 0.25) is 0 Å². The predicted octanol–water partition coefficient (Wildman–Crippen LogP) is 5.93. The monoisotopic (exact) mass is 418 g/mol. The molecular formula is C25H42N2O3. The van der Waals surface area contributed by atoms with Crippen molar-refractivity contribution in [1.29, 1.82) is 0 Å². The fraction of sp³-hybridized carbons (Fsp3) is 0.640. The summed E-state index contributed by atoms with van der Waals surface area (Å²) in [5.74, 6) is 1.91. The van der Waals surface area contributed by atoms with Gasteiger partial charge in [-0.05, 0) is 70.0 Å². The van der Waals surface area contributed by atoms with Crippen molar-refractivity contribution < 1.29 is 14.3 Å². The zero-order valence-electron chi connectivity index (χ0n) is 19.8. The number of hydrogen-bond donors (Lipinski definition) is 0. The molecule has 1 aromatic rings. The molecule has 1 rings (SSSR count). The molecule has 5 nitrogen and oxygen atoms in total. The molecule has 0 N–H and O–H groups in total. The number of aryl methyl sites for hydroxylation is 2. The summed E-state index contributed by atoms with van der Waals surface area (Å²) < 4.78 is 11.8. The van der Waals surface area contributed by atoms with Crippen LogP contribution in [0, 0.1) is 13.8 Å². The van der Waals surface area contributed by atoms with Crippen LogP contribution in [0.2, 0.25) is 0 Å². The average molecular weight is 419 g/mol. The van der Waals surface area contributed by atoms with E-state index in [1.165, 1.54) is 32.1 Å². The number of rotatable bonds is 17. The van der Waals surface area contributed by atoms with Gasteiger partial charge >= 0.3 is 0 Å². The lowest BCUT2D eigenvalue weighted by Gasteiger charge is -2.17. The standard InChI is InChI=1S/C25H42N2O3/c1-6-8-18-29-24-20-22(3)25(23(4)21-24)30-19-14-12-10-9-11-13-16-27(7-2)17-15-26-28-5/h6,8,15,20-21H,7,9-14,16-19H2,1-5H3/b8-6+,26-15?. The summed E-state index contributed by atoms with van der Waals surface area (Å²) in [4.78, 5) is 7.10. The lowest BCUT2D eigenvalue weighted by atomic mass is 10.1. The molecule has 0 unspecified atom stereocenters. The summed E-state index contributed by atoms with van der Waals surface area (Å²) in [5.41, 5.74) is 2.28. The van der Waals surface area contributed by atoms with E-state index < -0.39 is 0 Å². The molecule has 0 aliphatic heterocycles. The number of benzene rings is 1. The van der Waals surface area contributed by atoms with Gasteiger partial charge in [0.15, 0.2) is 0 Å². The topological polar surface area (TPSA) is 43.3 Å². The molecule has 0 bridgehead atoms. The van der Waals surface area contributed by atoms with Crippen molar-refractivity contribution in [2.75, 3.05) is 40.0 Å². The van der Waals surface area contributed by atoms with Crippen LogP contribution in [0.4, 0.5) is 0 Å². The SMILES string of the molecule is C/C=C/COc1cc(C)c(OCCCCCCCCN(CC)CC=NOC)c(C)c1. The van der Waals surface area contributed by atoms with Crippen LogP contribution in [0.3, 0.4) is 0 Å². The van der Waals surface area contributed by atoms with E-state index in [0.29, 0.717) is 6.61 Å². The summed E-state index contributed by atoms with van der Waals surface area (Å²) in [6.45, 7) is 12.8. The molecule has 0 saturated heterocycles. The molecule has 0 aromatic heterocycles. The Balaban J connectivity index is 2.16. The van der Waals surface area contributed by atoms with Gasteiger partial charge in [-0.2, -0.15) is 0 Å². The van der Waals surface area contributed by atoms with Gasteiger partial charge in [0.05, 0.1) is 12.8 Å². The van der Waals surface area contributed by atoms with Gasteiger partial charge < -0.3 is 14.3 Å². The molecule has 0 amide bonds. The summed E-state index contributed by atoms with van der Waals surface area (Å²) >= 11 is 0. The van der Waals surface area contributed by atoms with E-state index in [1.54, 1.807) is 7.11 Å². The normalized spacial score (nSPS) is 11.7. The molecule has 30 heavy (non-hydrogen) atoms. The van der Waals surface area contributed by atoms with Crippen LogP contribution in [0.1, 0.15) is 63.5 Å². The molecule has 0 atom stereocenters. The van der Waals surface area contributed by atoms with Crippen molar-refractivity contribution >= 4 is 6.21 Å². The summed E-state index contributed by atoms with van der Waals surface area (Å²) in [7, 11) is 1.58. The first-order valence-corrected chi connectivity index (χ1v) is 11.4. The highest BCUT2D eigenvalue weighted by molar-refractivity contribution is 5.58. The van der Waals surface area contributed by atoms with E-state index in [1.807, 2.05) is 25.3 Å². The Morgan fingerprint density at radius 2 is 1.63 bits per heavy atom. The van der Waals surface area contributed by atoms with E-state index in [2.05, 4.69) is 43.0 Å². The van der Waals surface area contributed by atoms with E-state index in [4.69, 9.17) is 14.3 Å². The van der Waals surface area contributed by atoms with Crippen LogP contribution in [0.25, 0.3) is 0 Å². The van der Waals surface area contributed by atoms with Gasteiger partial charge in [-0.15, -0.1) is 0 Å². The van der Waals surface area contributed by atoms with E-state index in [-0.39, 0.29) is 0 Å². The van der Waals surface area contributed by atoms with Gasteiger partial charge in [-0.25, -0.2) is 0 Å². The molecule has 0 aliphatic carbocycles. The number of ether oxygens (including phenoxy) is 2. The molecule has 0 saturated carbocycles. The van der Waals surface area contributed by atoms with Crippen LogP contribution >= 0.6 is 0 Å². The van der Waals surface area contributed by atoms with Crippen molar-refractivity contribution in [2.24, 2.45) is 5.16 Å². The summed E-state index contributed by atoms with van der Waals surface area (Å²) in [6, 6.07) is 4.12. The summed E-state index contributed by atoms with van der Waals surface area (Å²) in [6.07, 6.45) is 13.3. The van der Waals surface area contributed by atoms with Crippen LogP contribution in [0.5, 0.6) is 11.5 Å². The van der Waals surface area contributed by atoms with Gasteiger partial charge in [0, 0.05) is 6.54 Å². The highest BCUT2D eigenvalue weighted by Gasteiger charge is 2.07. The van der Waals surface area contributed by atoms with Gasteiger partial charge in [0.25, 0.3) is 0 Å². The van der Waals surface area contributed by atoms with Crippen molar-refractivity contribution in [3.8, 4) is 11.5 Å². The van der Waals surface area contributed by atoms with Crippen molar-refractivity contribution in [3.05, 3.63) is 35.4 Å². The maximum atomic E-state index is 6.07. The van der Waals surface area contributed by atoms with Crippen LogP contribution in [0.15, 0.2) is 29.4 Å². The highest BCUT2D eigenvalue weighted by Crippen LogP contribution is 2.28. The van der Waals surface area contributed by atoms with E-state index in [9.17, 15) is 0 Å². The third kappa shape index (κ3) is 11.2. The minimum absolute atomic E-state index is 0.605. The maximum Gasteiger partial charge on any atom is 0.125 e. The van der Waals surface area contributed by atoms with Crippen LogP contribution in [-0.4, -0.2) is 51.1 Å². The van der Waals surface area contributed by atoms with Gasteiger partial charge in [-0.1, -0.05) is 49.9 Å². The van der Waals surface area contributed by atoms with Crippen molar-refractivity contribution in [1.82, 2.24) is 4.90 Å². The Kier molecular flexibility index (Phi) is 14.5. The maximum absolute atomic E-state index is 6.07. The number of unbranched alkanes of at least 4 members (excludes halogenated alkanes) is 5. The Labute approximate surface area is 184 Å². The van der Waals surface area contributed by atoms with Crippen LogP contribution in [-0.2, 0) is 4.84 Å². The molecule has 0 radical (unpaired) electrons. The molecule has 0 heterocycles. The molecule has 170 valence electrons. The molecule has 0 aliphatic rings.